The normalized spacial score (nSPS) is 26.9. The summed E-state index contributed by atoms with van der Waals surface area (Å²) in [6, 6.07) is 19.0. The monoisotopic (exact) mass is 545 g/mol. The van der Waals surface area contributed by atoms with Crippen molar-refractivity contribution < 1.29 is 19.1 Å². The maximum absolute atomic E-state index is 14.1. The molecule has 4 aliphatic heterocycles. The predicted molar refractivity (Wildman–Crippen MR) is 154 cm³/mol. The Morgan fingerprint density at radius 3 is 2.45 bits per heavy atom. The van der Waals surface area contributed by atoms with Crippen LogP contribution >= 0.6 is 0 Å². The maximum atomic E-state index is 14.1. The Morgan fingerprint density at radius 2 is 1.75 bits per heavy atom. The summed E-state index contributed by atoms with van der Waals surface area (Å²) in [5.41, 5.74) is 2.17. The second-order valence-corrected chi connectivity index (χ2v) is 12.3. The molecule has 1 spiro atoms. The van der Waals surface area contributed by atoms with Crippen molar-refractivity contribution in [2.75, 3.05) is 46.5 Å². The van der Waals surface area contributed by atoms with Gasteiger partial charge in [-0.05, 0) is 80.8 Å². The molecule has 2 amide bonds. The van der Waals surface area contributed by atoms with Crippen LogP contribution in [0.3, 0.4) is 0 Å². The molecule has 1 N–H and O–H groups in total. The zero-order valence-electron chi connectivity index (χ0n) is 23.7. The van der Waals surface area contributed by atoms with E-state index in [9.17, 15) is 9.59 Å². The fourth-order valence-electron chi connectivity index (χ4n) is 7.70. The van der Waals surface area contributed by atoms with Crippen LogP contribution in [0.1, 0.15) is 55.6 Å². The van der Waals surface area contributed by atoms with Crippen LogP contribution in [0.15, 0.2) is 54.6 Å². The van der Waals surface area contributed by atoms with Crippen LogP contribution in [0.2, 0.25) is 0 Å². The van der Waals surface area contributed by atoms with Gasteiger partial charge in [0.2, 0.25) is 11.8 Å². The Labute approximate surface area is 238 Å². The number of rotatable bonds is 7. The molecule has 0 unspecified atom stereocenters. The second kappa shape index (κ2) is 11.9. The molecule has 2 aromatic rings. The van der Waals surface area contributed by atoms with Gasteiger partial charge in [-0.15, -0.1) is 0 Å². The molecule has 7 nitrogen and oxygen atoms in total. The summed E-state index contributed by atoms with van der Waals surface area (Å²) in [5.74, 6) is 2.11. The number of carbonyl (C=O) groups excluding carboxylic acids is 2. The molecule has 3 atom stereocenters. The first-order valence-corrected chi connectivity index (χ1v) is 15.1. The molecule has 0 radical (unpaired) electrons. The van der Waals surface area contributed by atoms with Crippen molar-refractivity contribution in [3.05, 3.63) is 65.7 Å². The van der Waals surface area contributed by atoms with Gasteiger partial charge in [-0.3, -0.25) is 9.59 Å². The van der Waals surface area contributed by atoms with Crippen LogP contribution in [0.4, 0.5) is 0 Å². The van der Waals surface area contributed by atoms with E-state index < -0.39 is 0 Å². The first-order valence-electron chi connectivity index (χ1n) is 15.1. The van der Waals surface area contributed by atoms with Gasteiger partial charge >= 0.3 is 0 Å². The number of carbonyl (C=O) groups is 2. The van der Waals surface area contributed by atoms with Gasteiger partial charge < -0.3 is 24.6 Å². The molecule has 6 rings (SSSR count). The van der Waals surface area contributed by atoms with Crippen molar-refractivity contribution >= 4 is 11.8 Å². The second-order valence-electron chi connectivity index (χ2n) is 12.3. The molecule has 40 heavy (non-hydrogen) atoms. The van der Waals surface area contributed by atoms with E-state index >= 15 is 0 Å². The highest BCUT2D eigenvalue weighted by molar-refractivity contribution is 5.85. The number of hydrogen-bond acceptors (Lipinski definition) is 5. The van der Waals surface area contributed by atoms with Crippen LogP contribution in [0, 0.1) is 17.3 Å². The zero-order chi connectivity index (χ0) is 27.5. The van der Waals surface area contributed by atoms with E-state index in [1.807, 2.05) is 12.1 Å². The molecule has 0 aliphatic carbocycles. The van der Waals surface area contributed by atoms with Crippen molar-refractivity contribution in [1.29, 1.82) is 0 Å². The SMILES string of the molecule is COc1ccc(CN2C(=O)C3(CCNCC3)C[C@@H]2C[C@@H]2CN(C(=O)C3CCOCC3)C[C@@H]2c2ccccc2)cc1. The topological polar surface area (TPSA) is 71.1 Å². The summed E-state index contributed by atoms with van der Waals surface area (Å²) >= 11 is 0. The van der Waals surface area contributed by atoms with Gasteiger partial charge in [-0.2, -0.15) is 0 Å². The molecule has 2 aromatic carbocycles. The van der Waals surface area contributed by atoms with E-state index in [1.54, 1.807) is 7.11 Å². The Bertz CT molecular complexity index is 1160. The molecule has 4 aliphatic rings. The number of nitrogens with zero attached hydrogens (tertiary/aromatic N) is 2. The summed E-state index contributed by atoms with van der Waals surface area (Å²) in [6.07, 6.45) is 5.29. The minimum atomic E-state index is -0.263. The quantitative estimate of drug-likeness (QED) is 0.564. The van der Waals surface area contributed by atoms with Gasteiger partial charge in [-0.1, -0.05) is 42.5 Å². The highest BCUT2D eigenvalue weighted by atomic mass is 16.5. The lowest BCUT2D eigenvalue weighted by atomic mass is 9.75. The number of nitrogens with one attached hydrogen (secondary N) is 1. The van der Waals surface area contributed by atoms with Gasteiger partial charge in [0.05, 0.1) is 12.5 Å². The standard InChI is InChI=1S/C33H43N3O4/c1-39-29-9-7-24(8-10-29)21-36-28(20-33(32(36)38)13-15-34-16-14-33)19-27-22-35(31(37)26-11-17-40-18-12-26)23-30(27)25-5-3-2-4-6-25/h2-10,26-28,30,34H,11-23H2,1H3/t27-,28+,30-/m1/s1. The largest absolute Gasteiger partial charge is 0.497 e. The zero-order valence-corrected chi connectivity index (χ0v) is 23.7. The number of hydrogen-bond donors (Lipinski definition) is 1. The first kappa shape index (κ1) is 27.3. The summed E-state index contributed by atoms with van der Waals surface area (Å²) < 4.78 is 10.9. The molecule has 7 heteroatoms. The lowest BCUT2D eigenvalue weighted by Crippen LogP contribution is -2.43. The fraction of sp³-hybridized carbons (Fsp3) is 0.576. The van der Waals surface area contributed by atoms with E-state index in [4.69, 9.17) is 9.47 Å². The summed E-state index contributed by atoms with van der Waals surface area (Å²) in [5, 5.41) is 3.46. The molecule has 0 aromatic heterocycles. The van der Waals surface area contributed by atoms with Crippen molar-refractivity contribution in [1.82, 2.24) is 15.1 Å². The lowest BCUT2D eigenvalue weighted by Gasteiger charge is -2.32. The van der Waals surface area contributed by atoms with Crippen molar-refractivity contribution in [2.45, 2.75) is 57.0 Å². The van der Waals surface area contributed by atoms with E-state index in [0.717, 1.165) is 76.0 Å². The van der Waals surface area contributed by atoms with Crippen molar-refractivity contribution in [3.63, 3.8) is 0 Å². The highest BCUT2D eigenvalue weighted by Gasteiger charge is 2.52. The minimum Gasteiger partial charge on any atom is -0.497 e. The molecule has 0 saturated carbocycles. The molecule has 0 bridgehead atoms. The number of likely N-dealkylation sites (tertiary alicyclic amines) is 2. The van der Waals surface area contributed by atoms with Gasteiger partial charge in [-0.25, -0.2) is 0 Å². The Balaban J connectivity index is 1.25. The molecule has 4 fully saturated rings. The van der Waals surface area contributed by atoms with Crippen molar-refractivity contribution in [2.24, 2.45) is 17.3 Å². The van der Waals surface area contributed by atoms with E-state index in [0.29, 0.717) is 37.5 Å². The highest BCUT2D eigenvalue weighted by Crippen LogP contribution is 2.47. The van der Waals surface area contributed by atoms with E-state index in [1.165, 1.54) is 5.56 Å². The Hall–Kier alpha value is -2.90. The van der Waals surface area contributed by atoms with Crippen LogP contribution in [0.5, 0.6) is 5.75 Å². The number of methoxy groups -OCH3 is 1. The molecule has 214 valence electrons. The van der Waals surface area contributed by atoms with Crippen LogP contribution in [-0.2, 0) is 20.9 Å². The average Bonchev–Trinajstić information content (AvgIpc) is 3.53. The number of piperidine rings is 1. The van der Waals surface area contributed by atoms with Crippen LogP contribution < -0.4 is 10.1 Å². The lowest BCUT2D eigenvalue weighted by molar-refractivity contribution is -0.139. The maximum Gasteiger partial charge on any atom is 0.229 e. The summed E-state index contributed by atoms with van der Waals surface area (Å²) in [7, 11) is 1.68. The molecular weight excluding hydrogens is 502 g/mol. The Morgan fingerprint density at radius 1 is 1.02 bits per heavy atom. The van der Waals surface area contributed by atoms with Crippen molar-refractivity contribution in [3.8, 4) is 5.75 Å². The molecular formula is C33H43N3O4. The summed E-state index contributed by atoms with van der Waals surface area (Å²) in [4.78, 5) is 32.0. The average molecular weight is 546 g/mol. The van der Waals surface area contributed by atoms with Gasteiger partial charge in [0, 0.05) is 50.7 Å². The number of ether oxygens (including phenoxy) is 2. The predicted octanol–water partition coefficient (Wildman–Crippen LogP) is 4.22. The first-order chi connectivity index (χ1) is 19.6. The van der Waals surface area contributed by atoms with Gasteiger partial charge in [0.25, 0.3) is 0 Å². The van der Waals surface area contributed by atoms with Gasteiger partial charge in [0.15, 0.2) is 0 Å². The third-order valence-electron chi connectivity index (χ3n) is 9.98. The van der Waals surface area contributed by atoms with Crippen LogP contribution in [0.25, 0.3) is 0 Å². The number of amides is 2. The minimum absolute atomic E-state index is 0.0709. The molecule has 4 heterocycles. The Kier molecular flexibility index (Phi) is 8.12. The summed E-state index contributed by atoms with van der Waals surface area (Å²) in [6.45, 7) is 5.31. The third kappa shape index (κ3) is 5.51. The number of benzene rings is 2. The van der Waals surface area contributed by atoms with Gasteiger partial charge in [0.1, 0.15) is 5.75 Å². The van der Waals surface area contributed by atoms with E-state index in [2.05, 4.69) is 57.6 Å². The molecule has 4 saturated heterocycles. The van der Waals surface area contributed by atoms with Crippen LogP contribution in [-0.4, -0.2) is 74.2 Å². The fourth-order valence-corrected chi connectivity index (χ4v) is 7.70. The third-order valence-corrected chi connectivity index (χ3v) is 9.98. The smallest absolute Gasteiger partial charge is 0.229 e. The van der Waals surface area contributed by atoms with E-state index in [-0.39, 0.29) is 23.3 Å².